The molecule has 2 rings (SSSR count). The Labute approximate surface area is 210 Å². The second kappa shape index (κ2) is 13.4. The maximum absolute atomic E-state index is 13.0. The van der Waals surface area contributed by atoms with Crippen LogP contribution < -0.4 is 21.3 Å². The molecule has 14 heteroatoms. The first kappa shape index (κ1) is 28.5. The van der Waals surface area contributed by atoms with Crippen LogP contribution in [0.1, 0.15) is 39.5 Å². The zero-order chi connectivity index (χ0) is 26.0. The fourth-order valence-electron chi connectivity index (χ4n) is 3.15. The molecular weight excluding hydrogens is 500 g/mol. The van der Waals surface area contributed by atoms with Crippen molar-refractivity contribution < 1.29 is 38.6 Å². The summed E-state index contributed by atoms with van der Waals surface area (Å²) in [5, 5.41) is 19.1. The van der Waals surface area contributed by atoms with Crippen molar-refractivity contribution in [1.29, 1.82) is 0 Å². The molecule has 194 valence electrons. The SMILES string of the molecule is CC1(C)NC(=O)[C@@H]2CSSCC/C=C/[C@@H](CC(=O)NC(CCC(=O)O)C(=O)N2)OC(=O)CNC1=O. The van der Waals surface area contributed by atoms with Gasteiger partial charge in [-0.05, 0) is 32.8 Å². The number of hydrogen-bond donors (Lipinski definition) is 5. The van der Waals surface area contributed by atoms with Crippen molar-refractivity contribution in [3.05, 3.63) is 12.2 Å². The minimum Gasteiger partial charge on any atom is -0.481 e. The molecule has 0 spiro atoms. The van der Waals surface area contributed by atoms with Gasteiger partial charge in [0.2, 0.25) is 23.6 Å². The van der Waals surface area contributed by atoms with E-state index < -0.39 is 72.3 Å². The number of carboxylic acids is 1. The van der Waals surface area contributed by atoms with Gasteiger partial charge in [0.05, 0.1) is 6.42 Å². The van der Waals surface area contributed by atoms with Crippen LogP contribution in [0.5, 0.6) is 0 Å². The summed E-state index contributed by atoms with van der Waals surface area (Å²) in [6.45, 7) is 2.42. The molecule has 0 aliphatic carbocycles. The number of nitrogens with one attached hydrogen (secondary N) is 4. The number of amides is 4. The zero-order valence-corrected chi connectivity index (χ0v) is 21.1. The Morgan fingerprint density at radius 3 is 2.60 bits per heavy atom. The highest BCUT2D eigenvalue weighted by Crippen LogP contribution is 2.24. The summed E-state index contributed by atoms with van der Waals surface area (Å²) in [7, 11) is 2.80. The minimum absolute atomic E-state index is 0.160. The average Bonchev–Trinajstić information content (AvgIpc) is 2.77. The number of ether oxygens (including phenoxy) is 1. The second-order valence-corrected chi connectivity index (χ2v) is 11.1. The van der Waals surface area contributed by atoms with E-state index in [1.54, 1.807) is 12.2 Å². The standard InChI is InChI=1S/C21H30N4O8S2/c1-21(2)20(32)22-10-17(29)33-12-5-3-4-8-34-35-11-14(19(31)25-21)24-18(30)13(6-7-16(27)28)23-15(26)9-12/h3,5,12-14H,4,6-11H2,1-2H3,(H,22,32)(H,23,26)(H,24,30)(H,25,31)(H,27,28)/b5-3+/t12-,13?,14-/m0/s1. The number of allylic oxidation sites excluding steroid dienone is 1. The van der Waals surface area contributed by atoms with Gasteiger partial charge in [-0.3, -0.25) is 28.8 Å². The summed E-state index contributed by atoms with van der Waals surface area (Å²) in [6.07, 6.45) is 2.04. The van der Waals surface area contributed by atoms with Gasteiger partial charge in [-0.15, -0.1) is 0 Å². The highest BCUT2D eigenvalue weighted by Gasteiger charge is 2.35. The molecular formula is C21H30N4O8S2. The molecule has 1 unspecified atom stereocenters. The van der Waals surface area contributed by atoms with Crippen LogP contribution in [0.25, 0.3) is 0 Å². The van der Waals surface area contributed by atoms with E-state index in [2.05, 4.69) is 21.3 Å². The zero-order valence-electron chi connectivity index (χ0n) is 19.5. The third-order valence-electron chi connectivity index (χ3n) is 5.03. The van der Waals surface area contributed by atoms with Crippen molar-refractivity contribution in [2.75, 3.05) is 18.1 Å². The Hall–Kier alpha value is -2.74. The van der Waals surface area contributed by atoms with Crippen molar-refractivity contribution in [2.45, 2.75) is 63.3 Å². The first-order chi connectivity index (χ1) is 16.5. The smallest absolute Gasteiger partial charge is 0.326 e. The molecule has 2 aliphatic heterocycles. The number of esters is 1. The molecule has 2 bridgehead atoms. The molecule has 3 atom stereocenters. The first-order valence-electron chi connectivity index (χ1n) is 11.0. The van der Waals surface area contributed by atoms with Crippen molar-refractivity contribution >= 4 is 57.2 Å². The quantitative estimate of drug-likeness (QED) is 0.181. The average molecular weight is 531 g/mol. The highest BCUT2D eigenvalue weighted by molar-refractivity contribution is 8.76. The largest absolute Gasteiger partial charge is 0.481 e. The number of carbonyl (C=O) groups excluding carboxylic acids is 5. The number of hydrogen-bond acceptors (Lipinski definition) is 9. The number of carboxylic acid groups (broad SMARTS) is 1. The van der Waals surface area contributed by atoms with Crippen LogP contribution in [-0.2, 0) is 33.5 Å². The predicted molar refractivity (Wildman–Crippen MR) is 129 cm³/mol. The van der Waals surface area contributed by atoms with E-state index >= 15 is 0 Å². The molecule has 0 saturated carbocycles. The van der Waals surface area contributed by atoms with Crippen molar-refractivity contribution in [3.63, 3.8) is 0 Å². The number of aliphatic carboxylic acids is 1. The Morgan fingerprint density at radius 1 is 1.14 bits per heavy atom. The first-order valence-corrected chi connectivity index (χ1v) is 13.5. The van der Waals surface area contributed by atoms with Crippen LogP contribution in [0, 0.1) is 0 Å². The minimum atomic E-state index is -1.42. The third kappa shape index (κ3) is 9.80. The molecule has 1 fully saturated rings. The number of rotatable bonds is 3. The molecule has 0 aromatic carbocycles. The van der Waals surface area contributed by atoms with E-state index in [1.807, 2.05) is 0 Å². The van der Waals surface area contributed by atoms with Gasteiger partial charge in [-0.25, -0.2) is 0 Å². The highest BCUT2D eigenvalue weighted by atomic mass is 33.1. The lowest BCUT2D eigenvalue weighted by atomic mass is 10.0. The fraction of sp³-hybridized carbons (Fsp3) is 0.619. The van der Waals surface area contributed by atoms with Gasteiger partial charge in [0, 0.05) is 17.9 Å². The van der Waals surface area contributed by atoms with Crippen LogP contribution in [0.2, 0.25) is 0 Å². The number of fused-ring (bicyclic) bond motifs is 7. The van der Waals surface area contributed by atoms with E-state index in [1.165, 1.54) is 35.4 Å². The summed E-state index contributed by atoms with van der Waals surface area (Å²) in [5.41, 5.74) is -1.42. The number of carbonyl (C=O) groups is 6. The van der Waals surface area contributed by atoms with E-state index in [0.29, 0.717) is 12.2 Å². The normalized spacial score (nSPS) is 27.8. The Balaban J connectivity index is 2.44. The van der Waals surface area contributed by atoms with E-state index in [9.17, 15) is 28.8 Å². The summed E-state index contributed by atoms with van der Waals surface area (Å²) in [4.78, 5) is 74.7. The fourth-order valence-corrected chi connectivity index (χ4v) is 5.31. The van der Waals surface area contributed by atoms with Gasteiger partial charge in [-0.2, -0.15) is 0 Å². The monoisotopic (exact) mass is 530 g/mol. The lowest BCUT2D eigenvalue weighted by Crippen LogP contribution is -2.61. The lowest BCUT2D eigenvalue weighted by Gasteiger charge is -2.29. The summed E-state index contributed by atoms with van der Waals surface area (Å²) < 4.78 is 5.34. The van der Waals surface area contributed by atoms with Crippen LogP contribution >= 0.6 is 21.6 Å². The predicted octanol–water partition coefficient (Wildman–Crippen LogP) is -0.511. The molecule has 35 heavy (non-hydrogen) atoms. The Morgan fingerprint density at radius 2 is 1.89 bits per heavy atom. The molecule has 2 heterocycles. The molecule has 0 radical (unpaired) electrons. The van der Waals surface area contributed by atoms with Crippen molar-refractivity contribution in [2.24, 2.45) is 0 Å². The molecule has 12 nitrogen and oxygen atoms in total. The van der Waals surface area contributed by atoms with E-state index in [4.69, 9.17) is 9.84 Å². The molecule has 4 amide bonds. The Kier molecular flexibility index (Phi) is 10.9. The van der Waals surface area contributed by atoms with Crippen LogP contribution in [0.15, 0.2) is 12.2 Å². The van der Waals surface area contributed by atoms with Crippen LogP contribution in [-0.4, -0.2) is 82.5 Å². The van der Waals surface area contributed by atoms with Gasteiger partial charge in [0.25, 0.3) is 0 Å². The van der Waals surface area contributed by atoms with Crippen molar-refractivity contribution in [1.82, 2.24) is 21.3 Å². The molecule has 5 N–H and O–H groups in total. The summed E-state index contributed by atoms with van der Waals surface area (Å²) >= 11 is 0. The molecule has 0 aromatic heterocycles. The van der Waals surface area contributed by atoms with Crippen LogP contribution in [0.3, 0.4) is 0 Å². The summed E-state index contributed by atoms with van der Waals surface area (Å²) in [5.74, 6) is -3.80. The van der Waals surface area contributed by atoms with Gasteiger partial charge < -0.3 is 31.1 Å². The van der Waals surface area contributed by atoms with Crippen LogP contribution in [0.4, 0.5) is 0 Å². The topological polar surface area (TPSA) is 180 Å². The molecule has 1 saturated heterocycles. The maximum Gasteiger partial charge on any atom is 0.326 e. The third-order valence-corrected chi connectivity index (χ3v) is 7.48. The summed E-state index contributed by atoms with van der Waals surface area (Å²) in [6, 6.07) is -2.30. The van der Waals surface area contributed by atoms with Gasteiger partial charge in [-0.1, -0.05) is 27.7 Å². The van der Waals surface area contributed by atoms with Gasteiger partial charge in [0.1, 0.15) is 30.3 Å². The Bertz CT molecular complexity index is 879. The molecule has 2 aliphatic rings. The van der Waals surface area contributed by atoms with Gasteiger partial charge >= 0.3 is 11.9 Å². The van der Waals surface area contributed by atoms with Gasteiger partial charge in [0.15, 0.2) is 0 Å². The lowest BCUT2D eigenvalue weighted by molar-refractivity contribution is -0.149. The second-order valence-electron chi connectivity index (χ2n) is 8.47. The van der Waals surface area contributed by atoms with Crippen molar-refractivity contribution in [3.8, 4) is 0 Å². The van der Waals surface area contributed by atoms with E-state index in [0.717, 1.165) is 0 Å². The van der Waals surface area contributed by atoms with E-state index in [-0.39, 0.29) is 18.6 Å². The maximum atomic E-state index is 13.0. The molecule has 0 aromatic rings.